The highest BCUT2D eigenvalue weighted by Gasteiger charge is 2.17. The molecule has 0 aliphatic rings. The van der Waals surface area contributed by atoms with Gasteiger partial charge in [0.1, 0.15) is 5.58 Å². The van der Waals surface area contributed by atoms with Gasteiger partial charge in [-0.2, -0.15) is 0 Å². The number of ketones is 1. The van der Waals surface area contributed by atoms with Gasteiger partial charge < -0.3 is 4.42 Å². The predicted octanol–water partition coefficient (Wildman–Crippen LogP) is 4.93. The van der Waals surface area contributed by atoms with E-state index in [1.54, 1.807) is 24.3 Å². The normalized spacial score (nSPS) is 10.9. The zero-order chi connectivity index (χ0) is 14.3. The average molecular weight is 285 g/mol. The van der Waals surface area contributed by atoms with Gasteiger partial charge in [-0.3, -0.25) is 4.79 Å². The molecule has 20 heavy (non-hydrogen) atoms. The Balaban J connectivity index is 2.10. The molecule has 2 nitrogen and oxygen atoms in total. The zero-order valence-corrected chi connectivity index (χ0v) is 12.0. The van der Waals surface area contributed by atoms with Gasteiger partial charge in [-0.15, -0.1) is 0 Å². The summed E-state index contributed by atoms with van der Waals surface area (Å²) < 4.78 is 5.62. The topological polar surface area (TPSA) is 30.2 Å². The van der Waals surface area contributed by atoms with Crippen molar-refractivity contribution in [2.24, 2.45) is 0 Å². The zero-order valence-electron chi connectivity index (χ0n) is 11.2. The van der Waals surface area contributed by atoms with E-state index >= 15 is 0 Å². The fourth-order valence-electron chi connectivity index (χ4n) is 2.34. The number of rotatable bonds is 2. The summed E-state index contributed by atoms with van der Waals surface area (Å²) in [5, 5.41) is 1.35. The smallest absolute Gasteiger partial charge is 0.228 e. The monoisotopic (exact) mass is 284 g/mol. The van der Waals surface area contributed by atoms with Crippen LogP contribution in [0.1, 0.15) is 27.2 Å². The van der Waals surface area contributed by atoms with E-state index in [2.05, 4.69) is 0 Å². The van der Waals surface area contributed by atoms with Crippen molar-refractivity contribution in [3.8, 4) is 0 Å². The number of furan rings is 1. The molecule has 0 radical (unpaired) electrons. The van der Waals surface area contributed by atoms with Crippen molar-refractivity contribution in [2.45, 2.75) is 13.8 Å². The molecule has 3 rings (SSSR count). The van der Waals surface area contributed by atoms with Crippen molar-refractivity contribution in [3.63, 3.8) is 0 Å². The molecule has 1 heterocycles. The molecule has 0 amide bonds. The number of benzene rings is 2. The van der Waals surface area contributed by atoms with Gasteiger partial charge in [-0.25, -0.2) is 0 Å². The van der Waals surface area contributed by atoms with Crippen LogP contribution >= 0.6 is 11.6 Å². The molecule has 0 unspecified atom stereocenters. The van der Waals surface area contributed by atoms with Crippen LogP contribution in [0.2, 0.25) is 5.02 Å². The van der Waals surface area contributed by atoms with Crippen molar-refractivity contribution < 1.29 is 9.21 Å². The molecule has 3 aromatic rings. The molecule has 0 aliphatic heterocycles. The van der Waals surface area contributed by atoms with E-state index in [-0.39, 0.29) is 5.78 Å². The van der Waals surface area contributed by atoms with Crippen LogP contribution in [0.15, 0.2) is 46.9 Å². The van der Waals surface area contributed by atoms with Gasteiger partial charge in [0.05, 0.1) is 5.02 Å². The lowest BCUT2D eigenvalue weighted by Gasteiger charge is -2.03. The molecule has 0 bridgehead atoms. The largest absolute Gasteiger partial charge is 0.453 e. The summed E-state index contributed by atoms with van der Waals surface area (Å²) in [5.74, 6) is 0.204. The average Bonchev–Trinajstić information content (AvgIpc) is 2.83. The van der Waals surface area contributed by atoms with E-state index in [4.69, 9.17) is 16.0 Å². The van der Waals surface area contributed by atoms with Crippen molar-refractivity contribution >= 4 is 28.4 Å². The number of hydrogen-bond acceptors (Lipinski definition) is 2. The lowest BCUT2D eigenvalue weighted by Crippen LogP contribution is -2.02. The van der Waals surface area contributed by atoms with E-state index in [1.165, 1.54) is 0 Å². The number of fused-ring (bicyclic) bond motifs is 1. The maximum Gasteiger partial charge on any atom is 0.228 e. The molecule has 0 spiro atoms. The van der Waals surface area contributed by atoms with E-state index in [1.807, 2.05) is 32.0 Å². The van der Waals surface area contributed by atoms with E-state index < -0.39 is 0 Å². The summed E-state index contributed by atoms with van der Waals surface area (Å²) in [4.78, 5) is 12.5. The van der Waals surface area contributed by atoms with Crippen molar-refractivity contribution in [3.05, 3.63) is 69.9 Å². The van der Waals surface area contributed by atoms with Crippen molar-refractivity contribution in [1.29, 1.82) is 0 Å². The van der Waals surface area contributed by atoms with Gasteiger partial charge >= 0.3 is 0 Å². The highest BCUT2D eigenvalue weighted by atomic mass is 35.5. The second-order valence-electron chi connectivity index (χ2n) is 4.91. The Labute approximate surface area is 122 Å². The molecular formula is C17H13ClO2. The lowest BCUT2D eigenvalue weighted by atomic mass is 10.0. The maximum atomic E-state index is 12.5. The fraction of sp³-hybridized carbons (Fsp3) is 0.118. The Hall–Kier alpha value is -2.06. The second-order valence-corrected chi connectivity index (χ2v) is 5.32. The van der Waals surface area contributed by atoms with Crippen molar-refractivity contribution in [2.75, 3.05) is 0 Å². The minimum atomic E-state index is -0.116. The van der Waals surface area contributed by atoms with Crippen LogP contribution in [-0.2, 0) is 0 Å². The molecule has 0 aliphatic carbocycles. The fourth-order valence-corrected chi connectivity index (χ4v) is 2.56. The third kappa shape index (κ3) is 2.12. The molecule has 0 saturated carbocycles. The minimum Gasteiger partial charge on any atom is -0.453 e. The van der Waals surface area contributed by atoms with E-state index in [9.17, 15) is 4.79 Å². The van der Waals surface area contributed by atoms with Gasteiger partial charge in [0, 0.05) is 10.9 Å². The summed E-state index contributed by atoms with van der Waals surface area (Å²) in [6.45, 7) is 3.93. The molecule has 0 saturated heterocycles. The van der Waals surface area contributed by atoms with Crippen LogP contribution in [0.5, 0.6) is 0 Å². The molecule has 100 valence electrons. The molecule has 0 atom stereocenters. The summed E-state index contributed by atoms with van der Waals surface area (Å²) in [6.07, 6.45) is 0. The second kappa shape index (κ2) is 4.80. The Bertz CT molecular complexity index is 815. The highest BCUT2D eigenvalue weighted by Crippen LogP contribution is 2.28. The maximum absolute atomic E-state index is 12.5. The first kappa shape index (κ1) is 12.9. The van der Waals surface area contributed by atoms with Crippen LogP contribution in [0.25, 0.3) is 11.0 Å². The molecular weight excluding hydrogens is 272 g/mol. The summed E-state index contributed by atoms with van der Waals surface area (Å²) in [5.41, 5.74) is 3.37. The van der Waals surface area contributed by atoms with Gasteiger partial charge in [0.2, 0.25) is 5.78 Å². The third-order valence-corrected chi connectivity index (χ3v) is 3.69. The minimum absolute atomic E-state index is 0.116. The van der Waals surface area contributed by atoms with E-state index in [0.29, 0.717) is 21.9 Å². The van der Waals surface area contributed by atoms with Crippen LogP contribution < -0.4 is 0 Å². The Kier molecular flexibility index (Phi) is 3.11. The summed E-state index contributed by atoms with van der Waals surface area (Å²) in [7, 11) is 0. The Morgan fingerprint density at radius 3 is 2.60 bits per heavy atom. The molecule has 0 fully saturated rings. The van der Waals surface area contributed by atoms with Crippen LogP contribution in [0, 0.1) is 13.8 Å². The SMILES string of the molecule is Cc1ccc(C(=O)c2cc3c(Cl)cccc3o2)c(C)c1. The molecule has 3 heteroatoms. The first-order valence-corrected chi connectivity index (χ1v) is 6.74. The van der Waals surface area contributed by atoms with Crippen LogP contribution in [-0.4, -0.2) is 5.78 Å². The number of carbonyl (C=O) groups excluding carboxylic acids is 1. The summed E-state index contributed by atoms with van der Waals surface area (Å²) >= 11 is 6.10. The highest BCUT2D eigenvalue weighted by molar-refractivity contribution is 6.35. The Morgan fingerprint density at radius 1 is 1.10 bits per heavy atom. The first-order chi connectivity index (χ1) is 9.56. The van der Waals surface area contributed by atoms with E-state index in [0.717, 1.165) is 16.5 Å². The molecule has 1 aromatic heterocycles. The molecule has 2 aromatic carbocycles. The van der Waals surface area contributed by atoms with Crippen LogP contribution in [0.4, 0.5) is 0 Å². The number of aryl methyl sites for hydroxylation is 2. The number of halogens is 1. The quantitative estimate of drug-likeness (QED) is 0.624. The van der Waals surface area contributed by atoms with Crippen LogP contribution in [0.3, 0.4) is 0 Å². The van der Waals surface area contributed by atoms with Gasteiger partial charge in [-0.1, -0.05) is 41.4 Å². The number of hydrogen-bond donors (Lipinski definition) is 0. The predicted molar refractivity (Wildman–Crippen MR) is 80.6 cm³/mol. The van der Waals surface area contributed by atoms with Crippen molar-refractivity contribution in [1.82, 2.24) is 0 Å². The van der Waals surface area contributed by atoms with Gasteiger partial charge in [0.15, 0.2) is 5.76 Å². The van der Waals surface area contributed by atoms with Gasteiger partial charge in [-0.05, 0) is 37.6 Å². The lowest BCUT2D eigenvalue weighted by molar-refractivity contribution is 0.101. The Morgan fingerprint density at radius 2 is 1.90 bits per heavy atom. The van der Waals surface area contributed by atoms with Gasteiger partial charge in [0.25, 0.3) is 0 Å². The summed E-state index contributed by atoms with van der Waals surface area (Å²) in [6, 6.07) is 12.9. The first-order valence-electron chi connectivity index (χ1n) is 6.36. The third-order valence-electron chi connectivity index (χ3n) is 3.36. The standard InChI is InChI=1S/C17H13ClO2/c1-10-6-7-12(11(2)8-10)17(19)16-9-13-14(18)4-3-5-15(13)20-16/h3-9H,1-2H3. The number of carbonyl (C=O) groups is 1. The molecule has 0 N–H and O–H groups in total.